The van der Waals surface area contributed by atoms with E-state index in [0.717, 1.165) is 50.1 Å². The summed E-state index contributed by atoms with van der Waals surface area (Å²) in [6.07, 6.45) is 5.37. The van der Waals surface area contributed by atoms with Crippen LogP contribution in [0, 0.1) is 0 Å². The van der Waals surface area contributed by atoms with E-state index < -0.39 is 0 Å². The molecule has 1 heterocycles. The average molecular weight is 361 g/mol. The fourth-order valence-corrected chi connectivity index (χ4v) is 4.79. The van der Waals surface area contributed by atoms with E-state index in [1.807, 2.05) is 13.0 Å². The second kappa shape index (κ2) is 7.87. The number of esters is 1. The fraction of sp³-hybridized carbons (Fsp3) is 0.667. The third-order valence-corrected chi connectivity index (χ3v) is 6.19. The first-order valence-electron chi connectivity index (χ1n) is 9.66. The van der Waals surface area contributed by atoms with E-state index in [1.54, 1.807) is 14.2 Å². The van der Waals surface area contributed by atoms with Crippen LogP contribution in [0.2, 0.25) is 0 Å². The Bertz CT molecular complexity index is 647. The molecule has 1 saturated carbocycles. The third-order valence-electron chi connectivity index (χ3n) is 6.19. The maximum absolute atomic E-state index is 11.9. The van der Waals surface area contributed by atoms with Crippen LogP contribution in [0.25, 0.3) is 0 Å². The average Bonchev–Trinajstić information content (AvgIpc) is 2.99. The van der Waals surface area contributed by atoms with E-state index in [2.05, 4.69) is 24.1 Å². The van der Waals surface area contributed by atoms with Crippen LogP contribution in [0.5, 0.6) is 11.5 Å². The van der Waals surface area contributed by atoms with E-state index in [4.69, 9.17) is 14.2 Å². The van der Waals surface area contributed by atoms with Gasteiger partial charge in [-0.3, -0.25) is 4.79 Å². The van der Waals surface area contributed by atoms with Gasteiger partial charge in [0.05, 0.1) is 14.2 Å². The summed E-state index contributed by atoms with van der Waals surface area (Å²) in [6, 6.07) is 6.70. The standard InChI is InChI=1S/C21H31NO4/c1-5-6-20(23)26-16-9-10-21(11-12-22(2)19(21)14-16)15-7-8-17(24-3)18(13-15)25-4/h7-8,13,16,19H,5-6,9-12,14H2,1-4H3/t16-,19+,21+/m1/s1. The number of rotatable bonds is 6. The lowest BCUT2D eigenvalue weighted by Gasteiger charge is -2.44. The van der Waals surface area contributed by atoms with Gasteiger partial charge < -0.3 is 19.1 Å². The summed E-state index contributed by atoms with van der Waals surface area (Å²) in [4.78, 5) is 14.3. The molecule has 1 aliphatic carbocycles. The van der Waals surface area contributed by atoms with Gasteiger partial charge in [0.2, 0.25) is 0 Å². The lowest BCUT2D eigenvalue weighted by molar-refractivity contribution is -0.152. The van der Waals surface area contributed by atoms with Gasteiger partial charge in [-0.05, 0) is 57.0 Å². The minimum atomic E-state index is -0.0585. The molecule has 0 amide bonds. The van der Waals surface area contributed by atoms with Gasteiger partial charge in [0.15, 0.2) is 11.5 Å². The number of hydrogen-bond donors (Lipinski definition) is 0. The number of ether oxygens (including phenoxy) is 3. The van der Waals surface area contributed by atoms with Crippen molar-refractivity contribution in [1.82, 2.24) is 4.90 Å². The van der Waals surface area contributed by atoms with E-state index in [-0.39, 0.29) is 17.5 Å². The molecular weight excluding hydrogens is 330 g/mol. The summed E-state index contributed by atoms with van der Waals surface area (Å²) in [7, 11) is 5.53. The zero-order valence-electron chi connectivity index (χ0n) is 16.4. The Morgan fingerprint density at radius 3 is 2.69 bits per heavy atom. The lowest BCUT2D eigenvalue weighted by atomic mass is 9.65. The summed E-state index contributed by atoms with van der Waals surface area (Å²) in [6.45, 7) is 3.07. The first-order chi connectivity index (χ1) is 12.5. The van der Waals surface area contributed by atoms with Crippen LogP contribution < -0.4 is 9.47 Å². The molecule has 0 unspecified atom stereocenters. The molecule has 0 spiro atoms. The van der Waals surface area contributed by atoms with Gasteiger partial charge in [0.1, 0.15) is 6.10 Å². The van der Waals surface area contributed by atoms with Crippen LogP contribution in [0.4, 0.5) is 0 Å². The highest BCUT2D eigenvalue weighted by Crippen LogP contribution is 2.50. The highest BCUT2D eigenvalue weighted by Gasteiger charge is 2.51. The Morgan fingerprint density at radius 1 is 1.23 bits per heavy atom. The van der Waals surface area contributed by atoms with Gasteiger partial charge >= 0.3 is 5.97 Å². The second-order valence-corrected chi connectivity index (χ2v) is 7.61. The predicted molar refractivity (Wildman–Crippen MR) is 101 cm³/mol. The zero-order chi connectivity index (χ0) is 18.7. The zero-order valence-corrected chi connectivity index (χ0v) is 16.4. The molecule has 0 N–H and O–H groups in total. The smallest absolute Gasteiger partial charge is 0.306 e. The fourth-order valence-electron chi connectivity index (χ4n) is 4.79. The van der Waals surface area contributed by atoms with E-state index in [0.29, 0.717) is 12.5 Å². The molecule has 2 aliphatic rings. The molecule has 0 bridgehead atoms. The van der Waals surface area contributed by atoms with E-state index in [1.165, 1.54) is 5.56 Å². The van der Waals surface area contributed by atoms with Crippen molar-refractivity contribution in [3.05, 3.63) is 23.8 Å². The molecule has 1 saturated heterocycles. The Kier molecular flexibility index (Phi) is 5.76. The first kappa shape index (κ1) is 19.0. The molecule has 26 heavy (non-hydrogen) atoms. The number of methoxy groups -OCH3 is 2. The maximum atomic E-state index is 11.9. The summed E-state index contributed by atoms with van der Waals surface area (Å²) >= 11 is 0. The number of fused-ring (bicyclic) bond motifs is 1. The monoisotopic (exact) mass is 361 g/mol. The molecule has 0 radical (unpaired) electrons. The van der Waals surface area contributed by atoms with Crippen LogP contribution in [-0.4, -0.2) is 50.8 Å². The number of likely N-dealkylation sites (tertiary alicyclic amines) is 1. The molecule has 3 atom stereocenters. The molecular formula is C21H31NO4. The van der Waals surface area contributed by atoms with Crippen molar-refractivity contribution in [2.24, 2.45) is 0 Å². The number of likely N-dealkylation sites (N-methyl/N-ethyl adjacent to an activating group) is 1. The Balaban J connectivity index is 1.84. The van der Waals surface area contributed by atoms with Crippen LogP contribution in [0.1, 0.15) is 51.0 Å². The topological polar surface area (TPSA) is 48.0 Å². The van der Waals surface area contributed by atoms with Crippen LogP contribution in [-0.2, 0) is 14.9 Å². The summed E-state index contributed by atoms with van der Waals surface area (Å²) < 4.78 is 16.7. The molecule has 0 aromatic heterocycles. The molecule has 2 fully saturated rings. The second-order valence-electron chi connectivity index (χ2n) is 7.61. The molecule has 5 nitrogen and oxygen atoms in total. The molecule has 1 aromatic carbocycles. The summed E-state index contributed by atoms with van der Waals surface area (Å²) in [5.41, 5.74) is 1.41. The van der Waals surface area contributed by atoms with Gasteiger partial charge in [0.25, 0.3) is 0 Å². The van der Waals surface area contributed by atoms with E-state index >= 15 is 0 Å². The van der Waals surface area contributed by atoms with Crippen molar-refractivity contribution < 1.29 is 19.0 Å². The van der Waals surface area contributed by atoms with Crippen molar-refractivity contribution >= 4 is 5.97 Å². The van der Waals surface area contributed by atoms with Crippen LogP contribution in [0.15, 0.2) is 18.2 Å². The quantitative estimate of drug-likeness (QED) is 0.725. The van der Waals surface area contributed by atoms with Gasteiger partial charge in [-0.15, -0.1) is 0 Å². The number of carbonyl (C=O) groups is 1. The van der Waals surface area contributed by atoms with E-state index in [9.17, 15) is 4.79 Å². The summed E-state index contributed by atoms with van der Waals surface area (Å²) in [5.74, 6) is 1.48. The minimum Gasteiger partial charge on any atom is -0.493 e. The number of nitrogens with zero attached hydrogens (tertiary/aromatic N) is 1. The minimum absolute atomic E-state index is 0.0351. The summed E-state index contributed by atoms with van der Waals surface area (Å²) in [5, 5.41) is 0. The third kappa shape index (κ3) is 3.41. The van der Waals surface area contributed by atoms with Crippen molar-refractivity contribution in [1.29, 1.82) is 0 Å². The van der Waals surface area contributed by atoms with Crippen LogP contribution >= 0.6 is 0 Å². The van der Waals surface area contributed by atoms with Crippen molar-refractivity contribution in [2.45, 2.75) is 63.0 Å². The number of hydrogen-bond acceptors (Lipinski definition) is 5. The molecule has 144 valence electrons. The number of carbonyl (C=O) groups excluding carboxylic acids is 1. The van der Waals surface area contributed by atoms with Crippen molar-refractivity contribution in [2.75, 3.05) is 27.8 Å². The molecule has 1 aromatic rings. The van der Waals surface area contributed by atoms with Gasteiger partial charge in [-0.25, -0.2) is 0 Å². The normalized spacial score (nSPS) is 28.5. The maximum Gasteiger partial charge on any atom is 0.306 e. The highest BCUT2D eigenvalue weighted by molar-refractivity contribution is 5.69. The van der Waals surface area contributed by atoms with Gasteiger partial charge in [-0.2, -0.15) is 0 Å². The lowest BCUT2D eigenvalue weighted by Crippen LogP contribution is -2.48. The SMILES string of the molecule is CCCC(=O)O[C@@H]1CC[C@@]2(c3ccc(OC)c(OC)c3)CCN(C)[C@H]2C1. The predicted octanol–water partition coefficient (Wildman–Crippen LogP) is 3.54. The Hall–Kier alpha value is -1.75. The highest BCUT2D eigenvalue weighted by atomic mass is 16.5. The molecule has 3 rings (SSSR count). The Labute approximate surface area is 156 Å². The largest absolute Gasteiger partial charge is 0.493 e. The number of benzene rings is 1. The van der Waals surface area contributed by atoms with Crippen molar-refractivity contribution in [3.8, 4) is 11.5 Å². The molecule has 1 aliphatic heterocycles. The van der Waals surface area contributed by atoms with Gasteiger partial charge in [-0.1, -0.05) is 13.0 Å². The molecule has 5 heteroatoms. The van der Waals surface area contributed by atoms with Gasteiger partial charge in [0, 0.05) is 24.3 Å². The van der Waals surface area contributed by atoms with Crippen LogP contribution in [0.3, 0.4) is 0 Å². The van der Waals surface area contributed by atoms with Crippen molar-refractivity contribution in [3.63, 3.8) is 0 Å². The Morgan fingerprint density at radius 2 is 2.00 bits per heavy atom. The first-order valence-corrected chi connectivity index (χ1v) is 9.66.